The lowest BCUT2D eigenvalue weighted by molar-refractivity contribution is 0.279. The third-order valence-electron chi connectivity index (χ3n) is 3.16. The molecule has 1 nitrogen and oxygen atoms in total. The van der Waals surface area contributed by atoms with E-state index in [1.54, 1.807) is 11.8 Å². The van der Waals surface area contributed by atoms with Crippen molar-refractivity contribution in [2.75, 3.05) is 12.4 Å². The second kappa shape index (κ2) is 5.21. The maximum absolute atomic E-state index is 13.5. The Bertz CT molecular complexity index is 600. The summed E-state index contributed by atoms with van der Waals surface area (Å²) in [4.78, 5) is 1.25. The van der Waals surface area contributed by atoms with Crippen LogP contribution < -0.4 is 4.74 Å². The lowest BCUT2D eigenvalue weighted by atomic mass is 10.0. The first-order valence-corrected chi connectivity index (χ1v) is 7.03. The van der Waals surface area contributed by atoms with Crippen LogP contribution in [0, 0.1) is 11.6 Å². The van der Waals surface area contributed by atoms with Crippen molar-refractivity contribution in [3.8, 4) is 5.75 Å². The Hall–Kier alpha value is -1.55. The van der Waals surface area contributed by atoms with Gasteiger partial charge in [-0.1, -0.05) is 24.3 Å². The first kappa shape index (κ1) is 12.5. The minimum atomic E-state index is -0.915. The highest BCUT2D eigenvalue weighted by Crippen LogP contribution is 2.39. The number of benzene rings is 2. The molecule has 19 heavy (non-hydrogen) atoms. The number of hydrogen-bond donors (Lipinski definition) is 0. The van der Waals surface area contributed by atoms with Crippen LogP contribution in [0.4, 0.5) is 8.78 Å². The van der Waals surface area contributed by atoms with E-state index >= 15 is 0 Å². The van der Waals surface area contributed by atoms with Crippen molar-refractivity contribution in [1.82, 2.24) is 0 Å². The molecule has 0 bridgehead atoms. The van der Waals surface area contributed by atoms with E-state index < -0.39 is 11.6 Å². The zero-order chi connectivity index (χ0) is 13.2. The molecule has 4 heteroatoms. The predicted molar refractivity (Wildman–Crippen MR) is 71.8 cm³/mol. The Morgan fingerprint density at radius 3 is 2.84 bits per heavy atom. The summed E-state index contributed by atoms with van der Waals surface area (Å²) in [5, 5.41) is 0. The van der Waals surface area contributed by atoms with Gasteiger partial charge in [-0.25, -0.2) is 4.39 Å². The minimum absolute atomic E-state index is 0.0191. The van der Waals surface area contributed by atoms with E-state index in [2.05, 4.69) is 12.1 Å². The molecule has 1 aliphatic rings. The Morgan fingerprint density at radius 2 is 1.95 bits per heavy atom. The minimum Gasteiger partial charge on any atom is -0.490 e. The largest absolute Gasteiger partial charge is 0.490 e. The monoisotopic (exact) mass is 278 g/mol. The summed E-state index contributed by atoms with van der Waals surface area (Å²) in [5.74, 6) is -0.672. The lowest BCUT2D eigenvalue weighted by Gasteiger charge is -2.13. The molecular weight excluding hydrogens is 266 g/mol. The molecule has 0 saturated carbocycles. The van der Waals surface area contributed by atoms with Gasteiger partial charge in [0, 0.05) is 16.6 Å². The van der Waals surface area contributed by atoms with Gasteiger partial charge in [-0.15, -0.1) is 11.8 Å². The summed E-state index contributed by atoms with van der Waals surface area (Å²) < 4.78 is 32.0. The highest BCUT2D eigenvalue weighted by molar-refractivity contribution is 7.99. The Kier molecular flexibility index (Phi) is 3.42. The van der Waals surface area contributed by atoms with Crippen LogP contribution in [0.25, 0.3) is 0 Å². The van der Waals surface area contributed by atoms with Gasteiger partial charge >= 0.3 is 0 Å². The third-order valence-corrected chi connectivity index (χ3v) is 4.41. The summed E-state index contributed by atoms with van der Waals surface area (Å²) in [5.41, 5.74) is 1.23. The molecule has 2 aromatic carbocycles. The van der Waals surface area contributed by atoms with E-state index in [0.29, 0.717) is 6.61 Å². The average Bonchev–Trinajstić information content (AvgIpc) is 2.84. The van der Waals surface area contributed by atoms with E-state index in [0.717, 1.165) is 11.8 Å². The normalized spacial score (nSPS) is 17.3. The molecule has 0 fully saturated rings. The van der Waals surface area contributed by atoms with Crippen molar-refractivity contribution >= 4 is 11.8 Å². The van der Waals surface area contributed by atoms with E-state index in [9.17, 15) is 8.78 Å². The fourth-order valence-corrected chi connectivity index (χ4v) is 3.39. The first-order valence-electron chi connectivity index (χ1n) is 6.04. The van der Waals surface area contributed by atoms with Crippen molar-refractivity contribution in [2.45, 2.75) is 10.8 Å². The van der Waals surface area contributed by atoms with Crippen molar-refractivity contribution in [1.29, 1.82) is 0 Å². The van der Waals surface area contributed by atoms with Crippen molar-refractivity contribution in [3.63, 3.8) is 0 Å². The zero-order valence-corrected chi connectivity index (χ0v) is 10.9. The van der Waals surface area contributed by atoms with Crippen LogP contribution >= 0.6 is 11.8 Å². The summed E-state index contributed by atoms with van der Waals surface area (Å²) >= 11 is 1.77. The van der Waals surface area contributed by atoms with E-state index in [1.807, 2.05) is 12.1 Å². The first-order chi connectivity index (χ1) is 9.25. The standard InChI is InChI=1S/C15H12F2OS/c16-12-5-3-6-13(15(12)17)18-8-10-9-19-14-7-2-1-4-11(10)14/h1-7,10H,8-9H2. The maximum atomic E-state index is 13.5. The summed E-state index contributed by atoms with van der Waals surface area (Å²) in [6, 6.07) is 12.1. The molecule has 2 aromatic rings. The van der Waals surface area contributed by atoms with Gasteiger partial charge in [-0.3, -0.25) is 0 Å². The number of thioether (sulfide) groups is 1. The van der Waals surface area contributed by atoms with Crippen LogP contribution in [-0.2, 0) is 0 Å². The van der Waals surface area contributed by atoms with Crippen LogP contribution in [0.1, 0.15) is 11.5 Å². The molecule has 0 N–H and O–H groups in total. The highest BCUT2D eigenvalue weighted by atomic mass is 32.2. The Balaban J connectivity index is 1.73. The maximum Gasteiger partial charge on any atom is 0.200 e. The molecular formula is C15H12F2OS. The quantitative estimate of drug-likeness (QED) is 0.830. The predicted octanol–water partition coefficient (Wildman–Crippen LogP) is 4.23. The molecule has 0 radical (unpaired) electrons. The average molecular weight is 278 g/mol. The van der Waals surface area contributed by atoms with Crippen molar-refractivity contribution < 1.29 is 13.5 Å². The van der Waals surface area contributed by atoms with E-state index in [-0.39, 0.29) is 11.7 Å². The molecule has 1 heterocycles. The SMILES string of the molecule is Fc1cccc(OCC2CSc3ccccc32)c1F. The lowest BCUT2D eigenvalue weighted by Crippen LogP contribution is -2.10. The fourth-order valence-electron chi connectivity index (χ4n) is 2.15. The third kappa shape index (κ3) is 2.45. The number of halogens is 2. The molecule has 98 valence electrons. The van der Waals surface area contributed by atoms with Gasteiger partial charge in [0.25, 0.3) is 0 Å². The van der Waals surface area contributed by atoms with Gasteiger partial charge < -0.3 is 4.74 Å². The molecule has 0 aliphatic carbocycles. The van der Waals surface area contributed by atoms with Gasteiger partial charge in [0.05, 0.1) is 6.61 Å². The van der Waals surface area contributed by atoms with Crippen LogP contribution in [0.3, 0.4) is 0 Å². The topological polar surface area (TPSA) is 9.23 Å². The van der Waals surface area contributed by atoms with Crippen LogP contribution in [0.15, 0.2) is 47.4 Å². The van der Waals surface area contributed by atoms with Gasteiger partial charge in [-0.05, 0) is 23.8 Å². The van der Waals surface area contributed by atoms with E-state index in [1.165, 1.54) is 22.6 Å². The van der Waals surface area contributed by atoms with Crippen molar-refractivity contribution in [2.24, 2.45) is 0 Å². The fraction of sp³-hybridized carbons (Fsp3) is 0.200. The second-order valence-corrected chi connectivity index (χ2v) is 5.47. The molecule has 0 aromatic heterocycles. The van der Waals surface area contributed by atoms with Gasteiger partial charge in [-0.2, -0.15) is 4.39 Å². The Morgan fingerprint density at radius 1 is 1.11 bits per heavy atom. The zero-order valence-electron chi connectivity index (χ0n) is 10.1. The molecule has 1 aliphatic heterocycles. The summed E-state index contributed by atoms with van der Waals surface area (Å²) in [6.07, 6.45) is 0. The number of fused-ring (bicyclic) bond motifs is 1. The van der Waals surface area contributed by atoms with E-state index in [4.69, 9.17) is 4.74 Å². The molecule has 0 spiro atoms. The Labute approximate surface area is 114 Å². The summed E-state index contributed by atoms with van der Waals surface area (Å²) in [7, 11) is 0. The number of rotatable bonds is 3. The molecule has 1 unspecified atom stereocenters. The summed E-state index contributed by atoms with van der Waals surface area (Å²) in [6.45, 7) is 0.365. The smallest absolute Gasteiger partial charge is 0.200 e. The molecule has 0 saturated heterocycles. The van der Waals surface area contributed by atoms with Crippen LogP contribution in [-0.4, -0.2) is 12.4 Å². The number of ether oxygens (including phenoxy) is 1. The molecule has 3 rings (SSSR count). The highest BCUT2D eigenvalue weighted by Gasteiger charge is 2.23. The van der Waals surface area contributed by atoms with Gasteiger partial charge in [0.2, 0.25) is 5.82 Å². The van der Waals surface area contributed by atoms with Gasteiger partial charge in [0.15, 0.2) is 11.6 Å². The van der Waals surface area contributed by atoms with Gasteiger partial charge in [0.1, 0.15) is 0 Å². The number of hydrogen-bond acceptors (Lipinski definition) is 2. The van der Waals surface area contributed by atoms with Crippen molar-refractivity contribution in [3.05, 3.63) is 59.7 Å². The second-order valence-electron chi connectivity index (χ2n) is 4.41. The van der Waals surface area contributed by atoms with Crippen LogP contribution in [0.2, 0.25) is 0 Å². The molecule has 0 amide bonds. The molecule has 1 atom stereocenters. The van der Waals surface area contributed by atoms with Crippen LogP contribution in [0.5, 0.6) is 5.75 Å².